The van der Waals surface area contributed by atoms with Crippen LogP contribution in [0.1, 0.15) is 78.4 Å². The fourth-order valence-corrected chi connectivity index (χ4v) is 4.61. The van der Waals surface area contributed by atoms with E-state index in [1.807, 2.05) is 67.6 Å². The number of aliphatic hydroxyl groups is 1. The van der Waals surface area contributed by atoms with Crippen molar-refractivity contribution in [3.8, 4) is 0 Å². The molecule has 3 aromatic carbocycles. The third-order valence-corrected chi connectivity index (χ3v) is 7.02. The van der Waals surface area contributed by atoms with E-state index in [9.17, 15) is 19.5 Å². The molecule has 5 N–H and O–H groups in total. The number of nitrogens with one attached hydrogen (secondary N) is 4. The minimum absolute atomic E-state index is 0.159. The summed E-state index contributed by atoms with van der Waals surface area (Å²) in [5, 5.41) is 23.0. The Balaban J connectivity index is 1.58. The third kappa shape index (κ3) is 10.2. The fourth-order valence-electron chi connectivity index (χ4n) is 4.61. The Morgan fingerprint density at radius 1 is 0.884 bits per heavy atom. The molecule has 0 spiro atoms. The van der Waals surface area contributed by atoms with Gasteiger partial charge in [0.2, 0.25) is 0 Å². The highest BCUT2D eigenvalue weighted by atomic mass is 16.6. The zero-order valence-corrected chi connectivity index (χ0v) is 25.2. The molecule has 3 amide bonds. The third-order valence-electron chi connectivity index (χ3n) is 7.02. The minimum Gasteiger partial charge on any atom is -0.444 e. The van der Waals surface area contributed by atoms with Gasteiger partial charge in [0.25, 0.3) is 11.8 Å². The molecule has 0 radical (unpaired) electrons. The molecule has 1 aliphatic rings. The van der Waals surface area contributed by atoms with Gasteiger partial charge in [-0.15, -0.1) is 0 Å². The van der Waals surface area contributed by atoms with E-state index in [1.54, 1.807) is 20.8 Å². The molecule has 4 rings (SSSR count). The molecule has 0 unspecified atom stereocenters. The van der Waals surface area contributed by atoms with Crippen LogP contribution in [-0.4, -0.2) is 53.3 Å². The maximum atomic E-state index is 13.7. The number of benzene rings is 3. The first-order chi connectivity index (χ1) is 20.5. The molecule has 3 atom stereocenters. The minimum atomic E-state index is -0.845. The molecule has 1 saturated carbocycles. The second kappa shape index (κ2) is 14.3. The molecule has 3 aromatic rings. The lowest BCUT2D eigenvalue weighted by atomic mass is 10.00. The van der Waals surface area contributed by atoms with Crippen LogP contribution in [0.15, 0.2) is 78.9 Å². The van der Waals surface area contributed by atoms with E-state index in [2.05, 4.69) is 21.3 Å². The van der Waals surface area contributed by atoms with Gasteiger partial charge in [-0.2, -0.15) is 0 Å². The molecule has 1 aliphatic carbocycles. The van der Waals surface area contributed by atoms with Crippen molar-refractivity contribution in [1.29, 1.82) is 0 Å². The van der Waals surface area contributed by atoms with E-state index in [-0.39, 0.29) is 22.9 Å². The lowest BCUT2D eigenvalue weighted by molar-refractivity contribution is 0.0635. The van der Waals surface area contributed by atoms with Gasteiger partial charge >= 0.3 is 6.09 Å². The maximum Gasteiger partial charge on any atom is 0.412 e. The van der Waals surface area contributed by atoms with Crippen LogP contribution in [0.2, 0.25) is 0 Å². The van der Waals surface area contributed by atoms with Gasteiger partial charge in [-0.3, -0.25) is 14.9 Å². The first kappa shape index (κ1) is 31.7. The van der Waals surface area contributed by atoms with Gasteiger partial charge in [0, 0.05) is 29.4 Å². The van der Waals surface area contributed by atoms with Crippen molar-refractivity contribution in [3.05, 3.63) is 101 Å². The summed E-state index contributed by atoms with van der Waals surface area (Å²) in [6.45, 7) is 7.45. The van der Waals surface area contributed by atoms with Crippen molar-refractivity contribution in [3.63, 3.8) is 0 Å². The van der Waals surface area contributed by atoms with Gasteiger partial charge in [-0.25, -0.2) is 4.79 Å². The van der Waals surface area contributed by atoms with Crippen molar-refractivity contribution in [2.45, 2.75) is 76.8 Å². The van der Waals surface area contributed by atoms with Gasteiger partial charge in [0.15, 0.2) is 0 Å². The summed E-state index contributed by atoms with van der Waals surface area (Å²) in [7, 11) is 0. The van der Waals surface area contributed by atoms with Crippen LogP contribution in [0.4, 0.5) is 10.5 Å². The molecule has 0 heterocycles. The highest BCUT2D eigenvalue weighted by Gasteiger charge is 2.27. The van der Waals surface area contributed by atoms with Crippen LogP contribution in [-0.2, 0) is 11.2 Å². The number of carbonyl (C=O) groups is 3. The van der Waals surface area contributed by atoms with Crippen LogP contribution >= 0.6 is 0 Å². The van der Waals surface area contributed by atoms with E-state index in [0.29, 0.717) is 19.0 Å². The fraction of sp³-hybridized carbons (Fsp3) is 0.382. The number of anilines is 1. The number of hydrogen-bond donors (Lipinski definition) is 5. The molecule has 0 aliphatic heterocycles. The monoisotopic (exact) mass is 586 g/mol. The average molecular weight is 587 g/mol. The lowest BCUT2D eigenvalue weighted by Gasteiger charge is -2.25. The zero-order chi connectivity index (χ0) is 31.0. The van der Waals surface area contributed by atoms with Crippen LogP contribution in [0, 0.1) is 0 Å². The molecular formula is C34H42N4O5. The van der Waals surface area contributed by atoms with Crippen molar-refractivity contribution in [1.82, 2.24) is 16.0 Å². The van der Waals surface area contributed by atoms with Crippen molar-refractivity contribution in [2.75, 3.05) is 11.9 Å². The first-order valence-corrected chi connectivity index (χ1v) is 14.7. The van der Waals surface area contributed by atoms with E-state index in [0.717, 1.165) is 24.0 Å². The molecule has 43 heavy (non-hydrogen) atoms. The van der Waals surface area contributed by atoms with Crippen molar-refractivity contribution >= 4 is 23.6 Å². The predicted octanol–water partition coefficient (Wildman–Crippen LogP) is 4.98. The molecule has 228 valence electrons. The molecule has 0 bridgehead atoms. The molecule has 1 fully saturated rings. The topological polar surface area (TPSA) is 129 Å². The summed E-state index contributed by atoms with van der Waals surface area (Å²) in [6, 6.07) is 23.1. The summed E-state index contributed by atoms with van der Waals surface area (Å²) in [6.07, 6.45) is 1.01. The smallest absolute Gasteiger partial charge is 0.412 e. The summed E-state index contributed by atoms with van der Waals surface area (Å²) in [4.78, 5) is 39.6. The van der Waals surface area contributed by atoms with Gasteiger partial charge in [-0.1, -0.05) is 60.7 Å². The Morgan fingerprint density at radius 2 is 1.47 bits per heavy atom. The van der Waals surface area contributed by atoms with Crippen LogP contribution in [0.5, 0.6) is 0 Å². The van der Waals surface area contributed by atoms with Crippen LogP contribution in [0.25, 0.3) is 0 Å². The van der Waals surface area contributed by atoms with E-state index >= 15 is 0 Å². The van der Waals surface area contributed by atoms with E-state index in [1.165, 1.54) is 18.2 Å². The second-order valence-corrected chi connectivity index (χ2v) is 12.1. The van der Waals surface area contributed by atoms with Crippen molar-refractivity contribution in [2.24, 2.45) is 0 Å². The van der Waals surface area contributed by atoms with Gasteiger partial charge in [0.1, 0.15) is 5.60 Å². The van der Waals surface area contributed by atoms with Gasteiger partial charge in [-0.05, 0) is 76.3 Å². The Labute approximate surface area is 253 Å². The molecule has 9 heteroatoms. The molecule has 0 aromatic heterocycles. The SMILES string of the molecule is C[C@@H](NC(=O)c1cc(NC(=O)OC(C)(C)C)cc(C(=O)N[C@@H](Cc2ccccc2)[C@H](O)CNC2CC2)c1)c1ccccc1. The number of carbonyl (C=O) groups excluding carboxylic acids is 3. The Bertz CT molecular complexity index is 1390. The van der Waals surface area contributed by atoms with E-state index in [4.69, 9.17) is 4.74 Å². The summed E-state index contributed by atoms with van der Waals surface area (Å²) >= 11 is 0. The number of hydrogen-bond acceptors (Lipinski definition) is 6. The highest BCUT2D eigenvalue weighted by Crippen LogP contribution is 2.21. The summed E-state index contributed by atoms with van der Waals surface area (Å²) < 4.78 is 5.39. The number of aliphatic hydroxyl groups excluding tert-OH is 1. The quantitative estimate of drug-likeness (QED) is 0.204. The van der Waals surface area contributed by atoms with Gasteiger partial charge in [0.05, 0.1) is 18.2 Å². The van der Waals surface area contributed by atoms with Crippen LogP contribution < -0.4 is 21.3 Å². The Kier molecular flexibility index (Phi) is 10.6. The second-order valence-electron chi connectivity index (χ2n) is 12.1. The molecule has 0 saturated heterocycles. The normalized spacial score (nSPS) is 15.1. The standard InChI is InChI=1S/C34H42N4O5/c1-22(24-13-9-6-10-14-24)36-31(40)25-18-26(20-28(19-25)37-33(42)43-34(2,3)4)32(41)38-29(17-23-11-7-5-8-12-23)30(39)21-35-27-15-16-27/h5-14,18-20,22,27,29-30,35,39H,15-17,21H2,1-4H3,(H,36,40)(H,37,42)(H,38,41)/t22-,29+,30-/m1/s1. The summed E-state index contributed by atoms with van der Waals surface area (Å²) in [5.74, 6) is -0.892. The van der Waals surface area contributed by atoms with Crippen LogP contribution in [0.3, 0.4) is 0 Å². The first-order valence-electron chi connectivity index (χ1n) is 14.7. The number of rotatable bonds is 12. The molecule has 9 nitrogen and oxygen atoms in total. The van der Waals surface area contributed by atoms with Crippen molar-refractivity contribution < 1.29 is 24.2 Å². The number of ether oxygens (including phenoxy) is 1. The zero-order valence-electron chi connectivity index (χ0n) is 25.2. The van der Waals surface area contributed by atoms with E-state index < -0.39 is 35.7 Å². The Morgan fingerprint density at radius 3 is 2.05 bits per heavy atom. The highest BCUT2D eigenvalue weighted by molar-refractivity contribution is 6.02. The number of amides is 3. The summed E-state index contributed by atoms with van der Waals surface area (Å²) in [5.41, 5.74) is 1.74. The average Bonchev–Trinajstić information content (AvgIpc) is 3.80. The van der Waals surface area contributed by atoms with Gasteiger partial charge < -0.3 is 25.8 Å². The lowest BCUT2D eigenvalue weighted by Crippen LogP contribution is -2.49. The maximum absolute atomic E-state index is 13.7. The Hall–Kier alpha value is -4.21. The molecular weight excluding hydrogens is 544 g/mol. The largest absolute Gasteiger partial charge is 0.444 e. The predicted molar refractivity (Wildman–Crippen MR) is 167 cm³/mol.